The first-order valence-corrected chi connectivity index (χ1v) is 11.3. The van der Waals surface area contributed by atoms with Crippen LogP contribution in [0.2, 0.25) is 5.02 Å². The summed E-state index contributed by atoms with van der Waals surface area (Å²) < 4.78 is 24.6. The van der Waals surface area contributed by atoms with E-state index >= 15 is 0 Å². The zero-order chi connectivity index (χ0) is 18.0. The molecule has 3 rings (SSSR count). The molecule has 2 aromatic rings. The second kappa shape index (κ2) is 7.91. The van der Waals surface area contributed by atoms with Gasteiger partial charge in [0.25, 0.3) is 0 Å². The van der Waals surface area contributed by atoms with Crippen LogP contribution in [0.5, 0.6) is 0 Å². The highest BCUT2D eigenvalue weighted by Crippen LogP contribution is 2.51. The van der Waals surface area contributed by atoms with Gasteiger partial charge in [0.1, 0.15) is 0 Å². The predicted octanol–water partition coefficient (Wildman–Crippen LogP) is 5.78. The average Bonchev–Trinajstić information content (AvgIpc) is 2.80. The van der Waals surface area contributed by atoms with Crippen LogP contribution in [0.25, 0.3) is 16.2 Å². The summed E-state index contributed by atoms with van der Waals surface area (Å²) in [5.41, 5.74) is 2.46. The van der Waals surface area contributed by atoms with Gasteiger partial charge in [0.15, 0.2) is 0 Å². The maximum Gasteiger partial charge on any atom is 0.354 e. The van der Waals surface area contributed by atoms with E-state index in [1.165, 1.54) is 21.2 Å². The highest BCUT2D eigenvalue weighted by atomic mass is 35.5. The Balaban J connectivity index is 2.08. The number of halogens is 1. The van der Waals surface area contributed by atoms with Crippen molar-refractivity contribution in [2.24, 2.45) is 0 Å². The van der Waals surface area contributed by atoms with Crippen LogP contribution in [-0.4, -0.2) is 31.7 Å². The number of rotatable bonds is 6. The van der Waals surface area contributed by atoms with Crippen molar-refractivity contribution >= 4 is 46.7 Å². The van der Waals surface area contributed by atoms with Crippen molar-refractivity contribution in [3.05, 3.63) is 39.0 Å². The molecule has 0 aliphatic carbocycles. The molecule has 1 aliphatic heterocycles. The maximum atomic E-state index is 12.7. The molecule has 1 aliphatic rings. The van der Waals surface area contributed by atoms with Gasteiger partial charge in [0.2, 0.25) is 0 Å². The second-order valence-electron chi connectivity index (χ2n) is 6.02. The van der Waals surface area contributed by atoms with Crippen molar-refractivity contribution in [2.45, 2.75) is 26.8 Å². The van der Waals surface area contributed by atoms with Crippen LogP contribution in [0.4, 0.5) is 0 Å². The van der Waals surface area contributed by atoms with Crippen LogP contribution in [0.3, 0.4) is 0 Å². The fourth-order valence-electron chi connectivity index (χ4n) is 3.15. The van der Waals surface area contributed by atoms with E-state index in [9.17, 15) is 4.57 Å². The van der Waals surface area contributed by atoms with Crippen LogP contribution in [0.1, 0.15) is 29.9 Å². The third-order valence-corrected chi connectivity index (χ3v) is 7.50. The first kappa shape index (κ1) is 19.1. The SMILES string of the molecule is CCOP(=O)(C=Cc1sc2ccc(Cl)c3c2c1CN(C)CC3)OCC. The summed E-state index contributed by atoms with van der Waals surface area (Å²) >= 11 is 8.15. The highest BCUT2D eigenvalue weighted by Gasteiger charge is 2.23. The van der Waals surface area contributed by atoms with Crippen molar-refractivity contribution < 1.29 is 13.6 Å². The molecule has 0 N–H and O–H groups in total. The molecule has 0 saturated carbocycles. The van der Waals surface area contributed by atoms with E-state index in [1.807, 2.05) is 26.0 Å². The van der Waals surface area contributed by atoms with Crippen molar-refractivity contribution in [1.29, 1.82) is 0 Å². The summed E-state index contributed by atoms with van der Waals surface area (Å²) in [6, 6.07) is 4.05. The third-order valence-electron chi connectivity index (χ3n) is 4.23. The zero-order valence-corrected chi connectivity index (χ0v) is 17.2. The van der Waals surface area contributed by atoms with Crippen molar-refractivity contribution in [3.63, 3.8) is 0 Å². The van der Waals surface area contributed by atoms with E-state index in [0.717, 1.165) is 29.4 Å². The van der Waals surface area contributed by atoms with E-state index in [0.29, 0.717) is 13.2 Å². The molecule has 0 bridgehead atoms. The van der Waals surface area contributed by atoms with Gasteiger partial charge in [-0.2, -0.15) is 0 Å². The molecule has 0 fully saturated rings. The van der Waals surface area contributed by atoms with Gasteiger partial charge in [-0.25, -0.2) is 0 Å². The minimum absolute atomic E-state index is 0.351. The van der Waals surface area contributed by atoms with Gasteiger partial charge in [-0.3, -0.25) is 4.57 Å². The van der Waals surface area contributed by atoms with E-state index in [-0.39, 0.29) is 0 Å². The van der Waals surface area contributed by atoms with Gasteiger partial charge >= 0.3 is 7.60 Å². The number of hydrogen-bond donors (Lipinski definition) is 0. The Kier molecular flexibility index (Phi) is 6.04. The molecule has 1 aromatic heterocycles. The molecule has 0 saturated heterocycles. The number of likely N-dealkylation sites (N-methyl/N-ethyl adjacent to an activating group) is 1. The Labute approximate surface area is 157 Å². The molecular weight excluding hydrogens is 377 g/mol. The molecule has 2 heterocycles. The highest BCUT2D eigenvalue weighted by molar-refractivity contribution is 7.57. The zero-order valence-electron chi connectivity index (χ0n) is 14.8. The lowest BCUT2D eigenvalue weighted by molar-refractivity contribution is 0.229. The molecule has 0 amide bonds. The standard InChI is InChI=1S/C18H23ClNO3PS/c1-4-22-24(21,23-5-2)11-9-16-14-12-20(3)10-8-13-15(19)6-7-17(25-16)18(13)14/h6-7,9,11H,4-5,8,10,12H2,1-3H3. The van der Waals surface area contributed by atoms with Gasteiger partial charge < -0.3 is 13.9 Å². The van der Waals surface area contributed by atoms with Gasteiger partial charge in [-0.1, -0.05) is 11.6 Å². The Morgan fingerprint density at radius 2 is 2.00 bits per heavy atom. The van der Waals surface area contributed by atoms with Crippen LogP contribution in [0, 0.1) is 0 Å². The number of benzene rings is 1. The summed E-state index contributed by atoms with van der Waals surface area (Å²) in [4.78, 5) is 3.38. The van der Waals surface area contributed by atoms with Gasteiger partial charge in [0.05, 0.1) is 13.2 Å². The molecule has 0 radical (unpaired) electrons. The van der Waals surface area contributed by atoms with Crippen molar-refractivity contribution in [1.82, 2.24) is 4.90 Å². The van der Waals surface area contributed by atoms with Crippen molar-refractivity contribution in [3.8, 4) is 0 Å². The number of hydrogen-bond acceptors (Lipinski definition) is 5. The molecule has 7 heteroatoms. The Hall–Kier alpha value is -0.680. The molecule has 0 unspecified atom stereocenters. The Morgan fingerprint density at radius 1 is 1.28 bits per heavy atom. The predicted molar refractivity (Wildman–Crippen MR) is 107 cm³/mol. The van der Waals surface area contributed by atoms with Crippen molar-refractivity contribution in [2.75, 3.05) is 26.8 Å². The molecular formula is C18H23ClNO3PS. The van der Waals surface area contributed by atoms with E-state index in [1.54, 1.807) is 17.2 Å². The molecule has 4 nitrogen and oxygen atoms in total. The molecule has 25 heavy (non-hydrogen) atoms. The van der Waals surface area contributed by atoms with Gasteiger partial charge in [-0.15, -0.1) is 11.3 Å². The maximum absolute atomic E-state index is 12.7. The summed E-state index contributed by atoms with van der Waals surface area (Å²) in [6.45, 7) is 6.15. The lowest BCUT2D eigenvalue weighted by Gasteiger charge is -2.14. The topological polar surface area (TPSA) is 38.8 Å². The van der Waals surface area contributed by atoms with Crippen LogP contribution in [-0.2, 0) is 26.6 Å². The molecule has 0 spiro atoms. The lowest BCUT2D eigenvalue weighted by atomic mass is 10.0. The number of nitrogens with zero attached hydrogens (tertiary/aromatic N) is 1. The molecule has 1 aromatic carbocycles. The summed E-state index contributed by atoms with van der Waals surface area (Å²) in [6.07, 6.45) is 2.83. The van der Waals surface area contributed by atoms with E-state index < -0.39 is 7.60 Å². The van der Waals surface area contributed by atoms with E-state index in [4.69, 9.17) is 20.6 Å². The minimum Gasteiger partial charge on any atom is -0.306 e. The summed E-state index contributed by atoms with van der Waals surface area (Å²) in [7, 11) is -1.09. The van der Waals surface area contributed by atoms with Gasteiger partial charge in [0, 0.05) is 38.9 Å². The smallest absolute Gasteiger partial charge is 0.306 e. The summed E-state index contributed by atoms with van der Waals surface area (Å²) in [5.74, 6) is 1.59. The van der Waals surface area contributed by atoms with E-state index in [2.05, 4.69) is 18.0 Å². The fourth-order valence-corrected chi connectivity index (χ4v) is 5.95. The summed E-state index contributed by atoms with van der Waals surface area (Å²) in [5, 5.41) is 2.08. The first-order chi connectivity index (χ1) is 12.0. The number of thiophene rings is 1. The lowest BCUT2D eigenvalue weighted by Crippen LogP contribution is -2.18. The minimum atomic E-state index is -3.20. The van der Waals surface area contributed by atoms with Crippen LogP contribution < -0.4 is 0 Å². The normalized spacial score (nSPS) is 16.0. The molecule has 136 valence electrons. The quantitative estimate of drug-likeness (QED) is 0.577. The fraction of sp³-hybridized carbons (Fsp3) is 0.444. The first-order valence-electron chi connectivity index (χ1n) is 8.46. The largest absolute Gasteiger partial charge is 0.354 e. The second-order valence-corrected chi connectivity index (χ2v) is 9.41. The average molecular weight is 400 g/mol. The Morgan fingerprint density at radius 3 is 2.68 bits per heavy atom. The van der Waals surface area contributed by atoms with Gasteiger partial charge in [-0.05, 0) is 56.7 Å². The monoisotopic (exact) mass is 399 g/mol. The Bertz CT molecular complexity index is 838. The van der Waals surface area contributed by atoms with Crippen LogP contribution in [0.15, 0.2) is 17.9 Å². The molecule has 0 atom stereocenters. The third kappa shape index (κ3) is 4.02. The van der Waals surface area contributed by atoms with Crippen LogP contribution >= 0.6 is 30.5 Å².